The number of carbonyl (C=O) groups excluding carboxylic acids is 1. The molecule has 19 heteroatoms. The van der Waals surface area contributed by atoms with Crippen molar-refractivity contribution in [2.24, 2.45) is 7.05 Å². The normalized spacial score (nSPS) is 12.1. The molecule has 254 valence electrons. The Kier molecular flexibility index (Phi) is 8.73. The Morgan fingerprint density at radius 1 is 0.960 bits per heavy atom. The number of rotatable bonds is 10. The number of anilines is 1. The quantitative estimate of drug-likeness (QED) is 0.186. The van der Waals surface area contributed by atoms with E-state index in [-0.39, 0.29) is 17.5 Å². The highest BCUT2D eigenvalue weighted by Crippen LogP contribution is 2.22. The molecule has 0 aliphatic carbocycles. The van der Waals surface area contributed by atoms with Gasteiger partial charge in [-0.15, -0.1) is 0 Å². The fourth-order valence-corrected chi connectivity index (χ4v) is 6.01. The van der Waals surface area contributed by atoms with Gasteiger partial charge in [-0.2, -0.15) is 13.5 Å². The van der Waals surface area contributed by atoms with Crippen LogP contribution in [0.3, 0.4) is 0 Å². The number of aliphatic carboxylic acids is 1. The molecule has 3 N–H and O–H groups in total. The Labute approximate surface area is 279 Å². The van der Waals surface area contributed by atoms with Gasteiger partial charge in [0.25, 0.3) is 21.5 Å². The van der Waals surface area contributed by atoms with Crippen LogP contribution in [-0.2, 0) is 28.3 Å². The Morgan fingerprint density at radius 3 is 2.28 bits per heavy atom. The second kappa shape index (κ2) is 13.1. The number of carbonyl (C=O) groups is 2. The zero-order valence-corrected chi connectivity index (χ0v) is 26.4. The molecule has 1 amide bonds. The minimum Gasteiger partial charge on any atom is -0.480 e. The van der Waals surface area contributed by atoms with Crippen LogP contribution in [0.5, 0.6) is 0 Å². The first-order valence-corrected chi connectivity index (χ1v) is 15.8. The van der Waals surface area contributed by atoms with E-state index in [1.165, 1.54) is 83.9 Å². The van der Waals surface area contributed by atoms with Crippen molar-refractivity contribution in [1.29, 1.82) is 0 Å². The number of hydrogen-bond donors (Lipinski definition) is 3. The SMILES string of the molecule is Cn1c(=O)n(-c2ccc(C[C@H](NC(=O)c3c(F)cc(NS(=O)(=O)c4ccc(-n5cncn5)cn4)cc3F)C(=O)O)cc2)c(=O)c2ccncc21. The molecular weight excluding hydrogens is 680 g/mol. The van der Waals surface area contributed by atoms with E-state index in [0.29, 0.717) is 28.9 Å². The molecule has 0 fully saturated rings. The maximum Gasteiger partial charge on any atom is 0.335 e. The molecule has 0 radical (unpaired) electrons. The van der Waals surface area contributed by atoms with Crippen molar-refractivity contribution in [3.05, 3.63) is 129 Å². The number of sulfonamides is 1. The number of nitrogens with zero attached hydrogens (tertiary/aromatic N) is 7. The molecule has 2 aromatic carbocycles. The summed E-state index contributed by atoms with van der Waals surface area (Å²) in [5.41, 5.74) is -1.69. The van der Waals surface area contributed by atoms with Crippen LogP contribution in [0, 0.1) is 11.6 Å². The van der Waals surface area contributed by atoms with Gasteiger partial charge in [0, 0.05) is 19.7 Å². The fourth-order valence-electron chi connectivity index (χ4n) is 5.03. The first kappa shape index (κ1) is 33.3. The van der Waals surface area contributed by atoms with E-state index in [2.05, 4.69) is 25.4 Å². The molecule has 1 atom stereocenters. The summed E-state index contributed by atoms with van der Waals surface area (Å²) in [5.74, 6) is -5.88. The van der Waals surface area contributed by atoms with Crippen molar-refractivity contribution in [3.8, 4) is 11.4 Å². The van der Waals surface area contributed by atoms with Crippen LogP contribution < -0.4 is 21.3 Å². The zero-order valence-electron chi connectivity index (χ0n) is 25.6. The minimum absolute atomic E-state index is 0.188. The number of carboxylic acids is 1. The van der Waals surface area contributed by atoms with Crippen LogP contribution in [-0.4, -0.2) is 65.3 Å². The summed E-state index contributed by atoms with van der Waals surface area (Å²) in [5, 5.41) is 15.5. The van der Waals surface area contributed by atoms with E-state index in [4.69, 9.17) is 0 Å². The van der Waals surface area contributed by atoms with Crippen molar-refractivity contribution in [2.45, 2.75) is 17.5 Å². The molecule has 4 aromatic heterocycles. The lowest BCUT2D eigenvalue weighted by Gasteiger charge is -2.16. The molecule has 4 heterocycles. The topological polar surface area (TPSA) is 213 Å². The van der Waals surface area contributed by atoms with Gasteiger partial charge in [0.1, 0.15) is 35.9 Å². The van der Waals surface area contributed by atoms with E-state index in [0.717, 1.165) is 10.6 Å². The molecule has 0 aliphatic heterocycles. The van der Waals surface area contributed by atoms with Gasteiger partial charge < -0.3 is 10.4 Å². The first-order chi connectivity index (χ1) is 23.8. The summed E-state index contributed by atoms with van der Waals surface area (Å²) in [7, 11) is -2.95. The molecule has 16 nitrogen and oxygen atoms in total. The van der Waals surface area contributed by atoms with Crippen LogP contribution in [0.2, 0.25) is 0 Å². The molecule has 0 spiro atoms. The highest BCUT2D eigenvalue weighted by atomic mass is 32.2. The molecule has 0 saturated heterocycles. The molecular formula is C31H23F2N9O7S. The lowest BCUT2D eigenvalue weighted by Crippen LogP contribution is -2.43. The number of hydrogen-bond acceptors (Lipinski definition) is 10. The van der Waals surface area contributed by atoms with Gasteiger partial charge in [-0.05, 0) is 48.0 Å². The third-order valence-electron chi connectivity index (χ3n) is 7.51. The lowest BCUT2D eigenvalue weighted by atomic mass is 10.0. The van der Waals surface area contributed by atoms with Crippen LogP contribution in [0.1, 0.15) is 15.9 Å². The summed E-state index contributed by atoms with van der Waals surface area (Å²) in [6.45, 7) is 0. The van der Waals surface area contributed by atoms with Crippen molar-refractivity contribution in [2.75, 3.05) is 4.72 Å². The monoisotopic (exact) mass is 703 g/mol. The number of aromatic nitrogens is 7. The van der Waals surface area contributed by atoms with Crippen LogP contribution >= 0.6 is 0 Å². The van der Waals surface area contributed by atoms with Gasteiger partial charge in [0.15, 0.2) is 5.03 Å². The number of carboxylic acid groups (broad SMARTS) is 1. The summed E-state index contributed by atoms with van der Waals surface area (Å²) >= 11 is 0. The largest absolute Gasteiger partial charge is 0.480 e. The zero-order chi connectivity index (χ0) is 35.7. The molecule has 0 bridgehead atoms. The molecule has 6 rings (SSSR count). The van der Waals surface area contributed by atoms with E-state index in [1.54, 1.807) is 0 Å². The number of benzene rings is 2. The molecule has 0 unspecified atom stereocenters. The Bertz CT molecular complexity index is 2480. The first-order valence-electron chi connectivity index (χ1n) is 14.4. The van der Waals surface area contributed by atoms with Gasteiger partial charge >= 0.3 is 11.7 Å². The third-order valence-corrected chi connectivity index (χ3v) is 8.81. The van der Waals surface area contributed by atoms with Crippen molar-refractivity contribution in [3.63, 3.8) is 0 Å². The second-order valence-electron chi connectivity index (χ2n) is 10.7. The highest BCUT2D eigenvalue weighted by Gasteiger charge is 2.27. The van der Waals surface area contributed by atoms with Crippen molar-refractivity contribution in [1.82, 2.24) is 39.2 Å². The predicted molar refractivity (Wildman–Crippen MR) is 171 cm³/mol. The van der Waals surface area contributed by atoms with Crippen LogP contribution in [0.25, 0.3) is 22.3 Å². The van der Waals surface area contributed by atoms with Crippen LogP contribution in [0.4, 0.5) is 14.5 Å². The number of halogens is 2. The number of amides is 1. The summed E-state index contributed by atoms with van der Waals surface area (Å²) in [4.78, 5) is 62.5. The minimum atomic E-state index is -4.43. The fraction of sp³-hybridized carbons (Fsp3) is 0.0968. The van der Waals surface area contributed by atoms with E-state index in [9.17, 15) is 32.7 Å². The standard InChI is InChI=1S/C31H23F2N9O7S/c1-40-25-14-34-9-8-21(25)29(44)42(31(40)47)19-4-2-17(3-5-19)10-24(30(45)46)38-28(43)27-22(32)11-18(12-23(27)33)39-50(48,49)26-7-6-20(13-36-26)41-16-35-15-37-41/h2-9,11-16,24,39H,10H2,1H3,(H,38,43)(H,45,46)/t24-/m0/s1. The number of pyridine rings is 2. The molecule has 0 saturated carbocycles. The van der Waals surface area contributed by atoms with Gasteiger partial charge in [-0.1, -0.05) is 12.1 Å². The molecule has 0 aliphatic rings. The molecule has 6 aromatic rings. The summed E-state index contributed by atoms with van der Waals surface area (Å²) in [6.07, 6.45) is 6.28. The van der Waals surface area contributed by atoms with E-state index >= 15 is 8.78 Å². The Hall–Kier alpha value is -6.63. The van der Waals surface area contributed by atoms with E-state index in [1.807, 2.05) is 4.72 Å². The average molecular weight is 704 g/mol. The van der Waals surface area contributed by atoms with Crippen molar-refractivity contribution >= 4 is 38.5 Å². The lowest BCUT2D eigenvalue weighted by molar-refractivity contribution is -0.139. The summed E-state index contributed by atoms with van der Waals surface area (Å²) < 4.78 is 61.2. The molecule has 50 heavy (non-hydrogen) atoms. The van der Waals surface area contributed by atoms with E-state index < -0.39 is 67.1 Å². The smallest absolute Gasteiger partial charge is 0.335 e. The van der Waals surface area contributed by atoms with Crippen molar-refractivity contribution < 1.29 is 31.9 Å². The van der Waals surface area contributed by atoms with Crippen LogP contribution in [0.15, 0.2) is 100 Å². The Balaban J connectivity index is 1.17. The summed E-state index contributed by atoms with van der Waals surface area (Å²) in [6, 6.07) is 9.11. The Morgan fingerprint density at radius 2 is 1.66 bits per heavy atom. The van der Waals surface area contributed by atoms with Gasteiger partial charge in [-0.25, -0.2) is 37.6 Å². The number of nitrogens with one attached hydrogen (secondary N) is 2. The number of fused-ring (bicyclic) bond motifs is 1. The predicted octanol–water partition coefficient (Wildman–Crippen LogP) is 1.56. The highest BCUT2D eigenvalue weighted by molar-refractivity contribution is 7.92. The van der Waals surface area contributed by atoms with Gasteiger partial charge in [0.2, 0.25) is 0 Å². The maximum atomic E-state index is 15.1. The van der Waals surface area contributed by atoms with Gasteiger partial charge in [0.05, 0.1) is 40.4 Å². The number of aryl methyl sites for hydroxylation is 1. The average Bonchev–Trinajstić information content (AvgIpc) is 3.63. The second-order valence-corrected chi connectivity index (χ2v) is 12.4. The maximum absolute atomic E-state index is 15.1. The van der Waals surface area contributed by atoms with Gasteiger partial charge in [-0.3, -0.25) is 23.9 Å². The third kappa shape index (κ3) is 6.43.